The Kier molecular flexibility index (Phi) is 8.87. The summed E-state index contributed by atoms with van der Waals surface area (Å²) >= 11 is 5.30. The largest absolute Gasteiger partial charge is 0.461 e. The second-order valence-electron chi connectivity index (χ2n) is 9.89. The highest BCUT2D eigenvalue weighted by atomic mass is 79.9. The van der Waals surface area contributed by atoms with Crippen LogP contribution in [0, 0.1) is 11.8 Å². The van der Waals surface area contributed by atoms with E-state index in [1.165, 1.54) is 6.08 Å². The van der Waals surface area contributed by atoms with Crippen LogP contribution in [0.3, 0.4) is 0 Å². The summed E-state index contributed by atoms with van der Waals surface area (Å²) in [5.74, 6) is -2.18. The molecule has 4 saturated heterocycles. The molecular weight excluding hydrogens is 550 g/mol. The Morgan fingerprint density at radius 3 is 2.72 bits per heavy atom. The molecule has 0 aliphatic carbocycles. The number of esters is 1. The Hall–Kier alpha value is -1.40. The quantitative estimate of drug-likeness (QED) is 0.217. The van der Waals surface area contributed by atoms with Crippen LogP contribution in [-0.2, 0) is 23.9 Å². The Labute approximate surface area is 225 Å². The first-order valence-corrected chi connectivity index (χ1v) is 14.3. The Morgan fingerprint density at radius 2 is 2.08 bits per heavy atom. The Bertz CT molecular complexity index is 886. The van der Waals surface area contributed by atoms with Gasteiger partial charge in [-0.25, -0.2) is 0 Å². The number of morpholine rings is 1. The van der Waals surface area contributed by atoms with Crippen LogP contribution < -0.4 is 0 Å². The number of fused-ring (bicyclic) bond motifs is 1. The first kappa shape index (κ1) is 27.6. The number of carbonyl (C=O) groups excluding carboxylic acids is 3. The van der Waals surface area contributed by atoms with Crippen LogP contribution in [0.5, 0.6) is 0 Å². The van der Waals surface area contributed by atoms with Crippen LogP contribution in [0.4, 0.5) is 0 Å². The van der Waals surface area contributed by atoms with Crippen molar-refractivity contribution in [1.29, 1.82) is 0 Å². The number of hydrogen-bond donors (Lipinski definition) is 1. The number of aliphatic hydroxyl groups excluding tert-OH is 1. The van der Waals surface area contributed by atoms with Gasteiger partial charge in [0.25, 0.3) is 0 Å². The molecule has 0 aromatic carbocycles. The van der Waals surface area contributed by atoms with Crippen molar-refractivity contribution in [2.24, 2.45) is 11.8 Å². The molecular formula is C25H36BrN3O6S. The fraction of sp³-hybridized carbons (Fsp3) is 0.720. The smallest absolute Gasteiger partial charge is 0.311 e. The summed E-state index contributed by atoms with van der Waals surface area (Å²) in [6.07, 6.45) is 3.79. The molecule has 1 N–H and O–H groups in total. The number of hydrogen-bond acceptors (Lipinski definition) is 8. The third kappa shape index (κ3) is 4.77. The summed E-state index contributed by atoms with van der Waals surface area (Å²) < 4.78 is 10.1. The second-order valence-corrected chi connectivity index (χ2v) is 12.6. The van der Waals surface area contributed by atoms with E-state index in [9.17, 15) is 19.5 Å². The van der Waals surface area contributed by atoms with E-state index in [0.29, 0.717) is 39.3 Å². The summed E-state index contributed by atoms with van der Waals surface area (Å²) in [6, 6.07) is -1.34. The predicted molar refractivity (Wildman–Crippen MR) is 141 cm³/mol. The van der Waals surface area contributed by atoms with Crippen LogP contribution in [0.1, 0.15) is 13.3 Å². The molecule has 36 heavy (non-hydrogen) atoms. The molecule has 0 aromatic heterocycles. The van der Waals surface area contributed by atoms with Crippen LogP contribution in [0.15, 0.2) is 25.3 Å². The van der Waals surface area contributed by atoms with Gasteiger partial charge < -0.3 is 24.4 Å². The van der Waals surface area contributed by atoms with E-state index < -0.39 is 34.6 Å². The molecule has 4 aliphatic rings. The van der Waals surface area contributed by atoms with Gasteiger partial charge in [0.1, 0.15) is 12.6 Å². The van der Waals surface area contributed by atoms with Gasteiger partial charge in [-0.1, -0.05) is 34.7 Å². The lowest BCUT2D eigenvalue weighted by Crippen LogP contribution is -2.58. The third-order valence-corrected chi connectivity index (χ3v) is 11.0. The molecule has 2 bridgehead atoms. The number of rotatable bonds is 11. The monoisotopic (exact) mass is 585 g/mol. The van der Waals surface area contributed by atoms with Gasteiger partial charge in [0, 0.05) is 42.8 Å². The number of thioether (sulfide) groups is 1. The Morgan fingerprint density at radius 1 is 1.36 bits per heavy atom. The number of amides is 2. The molecule has 1 spiro atoms. The number of nitrogens with zero attached hydrogens (tertiary/aromatic N) is 3. The van der Waals surface area contributed by atoms with Crippen LogP contribution in [0.2, 0.25) is 0 Å². The van der Waals surface area contributed by atoms with Gasteiger partial charge in [0.05, 0.1) is 42.4 Å². The fourth-order valence-corrected chi connectivity index (χ4v) is 9.70. The molecule has 0 saturated carbocycles. The van der Waals surface area contributed by atoms with Crippen molar-refractivity contribution >= 4 is 45.5 Å². The minimum atomic E-state index is -0.783. The average molecular weight is 587 g/mol. The molecule has 4 rings (SSSR count). The zero-order chi connectivity index (χ0) is 26.0. The van der Waals surface area contributed by atoms with E-state index in [1.807, 2.05) is 0 Å². The summed E-state index contributed by atoms with van der Waals surface area (Å²) in [5, 5.41) is 9.86. The molecule has 4 heterocycles. The van der Waals surface area contributed by atoms with Gasteiger partial charge in [-0.2, -0.15) is 0 Å². The highest BCUT2D eigenvalue weighted by molar-refractivity contribution is 9.09. The molecule has 4 aliphatic heterocycles. The number of alkyl halides is 1. The molecule has 4 fully saturated rings. The maximum Gasteiger partial charge on any atom is 0.311 e. The molecule has 2 amide bonds. The van der Waals surface area contributed by atoms with Gasteiger partial charge in [0.15, 0.2) is 0 Å². The first-order chi connectivity index (χ1) is 17.3. The maximum atomic E-state index is 14.3. The predicted octanol–water partition coefficient (Wildman–Crippen LogP) is 0.908. The van der Waals surface area contributed by atoms with Crippen molar-refractivity contribution in [3.05, 3.63) is 25.3 Å². The number of ether oxygens (including phenoxy) is 2. The standard InChI is InChI=1S/C25H36BrN3O6S/c1-4-6-28(8-7-27-9-12-34-13-10-27)23(32)21-25-14-17(26)20(36-25)18(24(33)35-11-5-2)19(25)22(31)29(21)16(3)15-30/h4-5,16-21,30H,1-2,6-15H2,3H3/t16-,17?,18-,19+,20-,21?,25?/m1/s1. The van der Waals surface area contributed by atoms with E-state index in [4.69, 9.17) is 9.47 Å². The molecule has 200 valence electrons. The normalized spacial score (nSPS) is 34.4. The van der Waals surface area contributed by atoms with Gasteiger partial charge in [-0.15, -0.1) is 18.3 Å². The molecule has 9 nitrogen and oxygen atoms in total. The van der Waals surface area contributed by atoms with Crippen molar-refractivity contribution in [1.82, 2.24) is 14.7 Å². The van der Waals surface area contributed by atoms with Crippen molar-refractivity contribution in [3.8, 4) is 0 Å². The van der Waals surface area contributed by atoms with Gasteiger partial charge >= 0.3 is 5.97 Å². The molecule has 3 unspecified atom stereocenters. The van der Waals surface area contributed by atoms with E-state index in [0.717, 1.165) is 13.1 Å². The van der Waals surface area contributed by atoms with Gasteiger partial charge in [-0.3, -0.25) is 19.3 Å². The minimum absolute atomic E-state index is 0.0336. The average Bonchev–Trinajstić information content (AvgIpc) is 3.48. The summed E-state index contributed by atoms with van der Waals surface area (Å²) in [6.45, 7) is 13.5. The zero-order valence-electron chi connectivity index (χ0n) is 20.7. The lowest BCUT2D eigenvalue weighted by atomic mass is 9.71. The molecule has 7 atom stereocenters. The number of carbonyl (C=O) groups is 3. The topological polar surface area (TPSA) is 99.6 Å². The molecule has 0 radical (unpaired) electrons. The van der Waals surface area contributed by atoms with Crippen molar-refractivity contribution < 1.29 is 29.0 Å². The van der Waals surface area contributed by atoms with E-state index in [1.54, 1.807) is 34.6 Å². The van der Waals surface area contributed by atoms with E-state index in [2.05, 4.69) is 34.0 Å². The minimum Gasteiger partial charge on any atom is -0.461 e. The molecule has 11 heteroatoms. The van der Waals surface area contributed by atoms with Crippen LogP contribution in [0.25, 0.3) is 0 Å². The number of likely N-dealkylation sites (tertiary alicyclic amines) is 1. The lowest BCUT2D eigenvalue weighted by Gasteiger charge is -2.39. The first-order valence-electron chi connectivity index (χ1n) is 12.5. The SMILES string of the molecule is C=CCOC(=O)[C@H]1[C@@H]2SC3(CC2Br)C(C(=O)N(CC=C)CCN2CCOCC2)N([C@H](C)CO)C(=O)[C@H]13. The maximum absolute atomic E-state index is 14.3. The fourth-order valence-electron chi connectivity index (χ4n) is 6.12. The second kappa shape index (κ2) is 11.6. The molecule has 0 aromatic rings. The van der Waals surface area contributed by atoms with E-state index >= 15 is 0 Å². The highest BCUT2D eigenvalue weighted by Gasteiger charge is 2.76. The van der Waals surface area contributed by atoms with Crippen molar-refractivity contribution in [3.63, 3.8) is 0 Å². The zero-order valence-corrected chi connectivity index (χ0v) is 23.1. The number of aliphatic hydroxyl groups is 1. The van der Waals surface area contributed by atoms with Crippen molar-refractivity contribution in [2.75, 3.05) is 59.2 Å². The summed E-state index contributed by atoms with van der Waals surface area (Å²) in [5.41, 5.74) is 0. The Balaban J connectivity index is 1.66. The van der Waals surface area contributed by atoms with Crippen molar-refractivity contribution in [2.45, 2.75) is 40.3 Å². The summed E-state index contributed by atoms with van der Waals surface area (Å²) in [4.78, 5) is 46.8. The van der Waals surface area contributed by atoms with Gasteiger partial charge in [0.2, 0.25) is 11.8 Å². The lowest BCUT2D eigenvalue weighted by molar-refractivity contribution is -0.153. The summed E-state index contributed by atoms with van der Waals surface area (Å²) in [7, 11) is 0. The number of halogens is 1. The highest BCUT2D eigenvalue weighted by Crippen LogP contribution is 2.68. The van der Waals surface area contributed by atoms with E-state index in [-0.39, 0.29) is 35.1 Å². The van der Waals surface area contributed by atoms with Crippen LogP contribution in [-0.4, -0.2) is 124 Å². The van der Waals surface area contributed by atoms with Crippen LogP contribution >= 0.6 is 27.7 Å². The third-order valence-electron chi connectivity index (χ3n) is 7.77. The van der Waals surface area contributed by atoms with Gasteiger partial charge in [-0.05, 0) is 13.3 Å².